The first kappa shape index (κ1) is 16.2. The first-order valence-corrected chi connectivity index (χ1v) is 8.32. The van der Waals surface area contributed by atoms with Crippen molar-refractivity contribution < 1.29 is 9.90 Å². The summed E-state index contributed by atoms with van der Waals surface area (Å²) in [5.74, 6) is -0.913. The van der Waals surface area contributed by atoms with Crippen molar-refractivity contribution in [1.82, 2.24) is 4.98 Å². The van der Waals surface area contributed by atoms with Crippen molar-refractivity contribution in [2.24, 2.45) is 0 Å². The van der Waals surface area contributed by atoms with E-state index in [-0.39, 0.29) is 0 Å². The Kier molecular flexibility index (Phi) is 4.61. The quantitative estimate of drug-likeness (QED) is 0.698. The second kappa shape index (κ2) is 6.83. The van der Waals surface area contributed by atoms with Crippen LogP contribution >= 0.6 is 0 Å². The molecule has 0 saturated carbocycles. The van der Waals surface area contributed by atoms with Crippen molar-refractivity contribution in [1.29, 1.82) is 0 Å². The highest BCUT2D eigenvalue weighted by atomic mass is 16.4. The molecule has 0 spiro atoms. The van der Waals surface area contributed by atoms with Gasteiger partial charge in [-0.2, -0.15) is 0 Å². The fourth-order valence-electron chi connectivity index (χ4n) is 2.94. The topological polar surface area (TPSA) is 50.2 Å². The van der Waals surface area contributed by atoms with Crippen LogP contribution in [0.25, 0.3) is 22.2 Å². The molecule has 0 atom stereocenters. The Bertz CT molecular complexity index is 899. The second-order valence-electron chi connectivity index (χ2n) is 6.18. The first-order valence-electron chi connectivity index (χ1n) is 8.32. The largest absolute Gasteiger partial charge is 0.478 e. The summed E-state index contributed by atoms with van der Waals surface area (Å²) in [6.45, 7) is 4.17. The second-order valence-corrected chi connectivity index (χ2v) is 6.18. The normalized spacial score (nSPS) is 10.9. The summed E-state index contributed by atoms with van der Waals surface area (Å²) in [7, 11) is 0. The minimum atomic E-state index is -0.913. The molecule has 0 aliphatic heterocycles. The molecule has 0 aliphatic rings. The van der Waals surface area contributed by atoms with Crippen molar-refractivity contribution in [2.75, 3.05) is 0 Å². The number of hydrogen-bond donors (Lipinski definition) is 1. The molecule has 3 aromatic rings. The predicted octanol–water partition coefficient (Wildman–Crippen LogP) is 5.25. The molecule has 122 valence electrons. The number of aromatic nitrogens is 1. The van der Waals surface area contributed by atoms with Crippen LogP contribution < -0.4 is 0 Å². The van der Waals surface area contributed by atoms with Gasteiger partial charge in [-0.15, -0.1) is 0 Å². The lowest BCUT2D eigenvalue weighted by Gasteiger charge is -2.09. The van der Waals surface area contributed by atoms with Gasteiger partial charge in [0.05, 0.1) is 16.8 Å². The minimum absolute atomic E-state index is 0.315. The molecular formula is C21H21NO2. The van der Waals surface area contributed by atoms with E-state index in [2.05, 4.69) is 18.0 Å². The van der Waals surface area contributed by atoms with E-state index in [4.69, 9.17) is 0 Å². The molecule has 0 bridgehead atoms. The SMILES string of the molecule is CCCCc1ccc2nc(-c3cccc(C)c3)cc(C(=O)O)c2c1. The minimum Gasteiger partial charge on any atom is -0.478 e. The summed E-state index contributed by atoms with van der Waals surface area (Å²) < 4.78 is 0. The number of unbranched alkanes of at least 4 members (excludes halogenated alkanes) is 1. The van der Waals surface area contributed by atoms with Gasteiger partial charge in [0.15, 0.2) is 0 Å². The number of hydrogen-bond acceptors (Lipinski definition) is 2. The summed E-state index contributed by atoms with van der Waals surface area (Å²) in [4.78, 5) is 16.5. The number of pyridine rings is 1. The number of carboxylic acid groups (broad SMARTS) is 1. The molecule has 0 fully saturated rings. The number of rotatable bonds is 5. The maximum atomic E-state index is 11.8. The number of aryl methyl sites for hydroxylation is 2. The molecule has 1 heterocycles. The van der Waals surface area contributed by atoms with Crippen LogP contribution in [-0.4, -0.2) is 16.1 Å². The third-order valence-electron chi connectivity index (χ3n) is 4.24. The van der Waals surface area contributed by atoms with Crippen LogP contribution in [-0.2, 0) is 6.42 Å². The summed E-state index contributed by atoms with van der Waals surface area (Å²) >= 11 is 0. The molecule has 0 unspecified atom stereocenters. The number of nitrogens with zero attached hydrogens (tertiary/aromatic N) is 1. The number of carbonyl (C=O) groups is 1. The van der Waals surface area contributed by atoms with Crippen molar-refractivity contribution in [3.63, 3.8) is 0 Å². The Morgan fingerprint density at radius 2 is 1.96 bits per heavy atom. The highest BCUT2D eigenvalue weighted by molar-refractivity contribution is 6.04. The highest BCUT2D eigenvalue weighted by Gasteiger charge is 2.13. The summed E-state index contributed by atoms with van der Waals surface area (Å²) in [6, 6.07) is 15.6. The van der Waals surface area contributed by atoms with Crippen LogP contribution in [0, 0.1) is 6.92 Å². The zero-order valence-corrected chi connectivity index (χ0v) is 14.0. The van der Waals surface area contributed by atoms with Gasteiger partial charge < -0.3 is 5.11 Å². The Labute approximate surface area is 142 Å². The Balaban J connectivity index is 2.16. The van der Waals surface area contributed by atoms with Crippen molar-refractivity contribution in [3.05, 3.63) is 65.2 Å². The molecule has 3 heteroatoms. The lowest BCUT2D eigenvalue weighted by molar-refractivity contribution is 0.0699. The van der Waals surface area contributed by atoms with Crippen LogP contribution in [0.3, 0.4) is 0 Å². The van der Waals surface area contributed by atoms with Gasteiger partial charge in [0.2, 0.25) is 0 Å². The van der Waals surface area contributed by atoms with Crippen molar-refractivity contribution in [3.8, 4) is 11.3 Å². The molecule has 1 N–H and O–H groups in total. The molecular weight excluding hydrogens is 298 g/mol. The van der Waals surface area contributed by atoms with Gasteiger partial charge in [-0.25, -0.2) is 9.78 Å². The molecule has 0 saturated heterocycles. The van der Waals surface area contributed by atoms with Crippen LogP contribution in [0.1, 0.15) is 41.3 Å². The monoisotopic (exact) mass is 319 g/mol. The molecule has 0 amide bonds. The molecule has 3 nitrogen and oxygen atoms in total. The zero-order chi connectivity index (χ0) is 17.1. The van der Waals surface area contributed by atoms with Crippen LogP contribution in [0.2, 0.25) is 0 Å². The number of aromatic carboxylic acids is 1. The number of benzene rings is 2. The van der Waals surface area contributed by atoms with E-state index in [0.29, 0.717) is 16.6 Å². The van der Waals surface area contributed by atoms with Gasteiger partial charge in [0, 0.05) is 10.9 Å². The fraction of sp³-hybridized carbons (Fsp3) is 0.238. The van der Waals surface area contributed by atoms with Gasteiger partial charge in [-0.3, -0.25) is 0 Å². The van der Waals surface area contributed by atoms with Gasteiger partial charge in [-0.05, 0) is 49.6 Å². The van der Waals surface area contributed by atoms with Crippen LogP contribution in [0.5, 0.6) is 0 Å². The Hall–Kier alpha value is -2.68. The molecule has 1 aromatic heterocycles. The van der Waals surface area contributed by atoms with Crippen molar-refractivity contribution in [2.45, 2.75) is 33.1 Å². The summed E-state index contributed by atoms with van der Waals surface area (Å²) in [5, 5.41) is 10.4. The average Bonchev–Trinajstić information content (AvgIpc) is 2.58. The maximum Gasteiger partial charge on any atom is 0.336 e. The number of carboxylic acids is 1. The van der Waals surface area contributed by atoms with E-state index in [9.17, 15) is 9.90 Å². The van der Waals surface area contributed by atoms with E-state index in [0.717, 1.165) is 41.5 Å². The summed E-state index contributed by atoms with van der Waals surface area (Å²) in [5.41, 5.74) is 4.97. The van der Waals surface area contributed by atoms with Crippen molar-refractivity contribution >= 4 is 16.9 Å². The smallest absolute Gasteiger partial charge is 0.336 e. The van der Waals surface area contributed by atoms with E-state index < -0.39 is 5.97 Å². The van der Waals surface area contributed by atoms with Gasteiger partial charge >= 0.3 is 5.97 Å². The Morgan fingerprint density at radius 3 is 2.67 bits per heavy atom. The summed E-state index contributed by atoms with van der Waals surface area (Å²) in [6.07, 6.45) is 3.18. The lowest BCUT2D eigenvalue weighted by Crippen LogP contribution is -2.01. The Morgan fingerprint density at radius 1 is 1.12 bits per heavy atom. The lowest BCUT2D eigenvalue weighted by atomic mass is 10.00. The third-order valence-corrected chi connectivity index (χ3v) is 4.24. The molecule has 24 heavy (non-hydrogen) atoms. The molecule has 0 radical (unpaired) electrons. The van der Waals surface area contributed by atoms with E-state index >= 15 is 0 Å². The maximum absolute atomic E-state index is 11.8. The fourth-order valence-corrected chi connectivity index (χ4v) is 2.94. The molecule has 2 aromatic carbocycles. The van der Waals surface area contributed by atoms with E-state index in [1.54, 1.807) is 6.07 Å². The van der Waals surface area contributed by atoms with Crippen LogP contribution in [0.15, 0.2) is 48.5 Å². The highest BCUT2D eigenvalue weighted by Crippen LogP contribution is 2.26. The molecule has 0 aliphatic carbocycles. The third kappa shape index (κ3) is 3.30. The first-order chi connectivity index (χ1) is 11.6. The number of fused-ring (bicyclic) bond motifs is 1. The average molecular weight is 319 g/mol. The van der Waals surface area contributed by atoms with Gasteiger partial charge in [-0.1, -0.05) is 43.2 Å². The van der Waals surface area contributed by atoms with Gasteiger partial charge in [0.1, 0.15) is 0 Å². The molecule has 3 rings (SSSR count). The predicted molar refractivity (Wildman–Crippen MR) is 97.5 cm³/mol. The zero-order valence-electron chi connectivity index (χ0n) is 14.0. The van der Waals surface area contributed by atoms with Crippen LogP contribution in [0.4, 0.5) is 0 Å². The van der Waals surface area contributed by atoms with E-state index in [1.807, 2.05) is 43.3 Å². The van der Waals surface area contributed by atoms with Gasteiger partial charge in [0.25, 0.3) is 0 Å². The standard InChI is InChI=1S/C21H21NO2/c1-3-4-7-15-9-10-19-17(12-15)18(21(23)24)13-20(22-19)16-8-5-6-14(2)11-16/h5-6,8-13H,3-4,7H2,1-2H3,(H,23,24). The van der Waals surface area contributed by atoms with E-state index in [1.165, 1.54) is 0 Å².